The van der Waals surface area contributed by atoms with Crippen LogP contribution in [0.4, 0.5) is 0 Å². The van der Waals surface area contributed by atoms with Gasteiger partial charge in [0.1, 0.15) is 0 Å². The summed E-state index contributed by atoms with van der Waals surface area (Å²) in [4.78, 5) is 14.2. The number of nitrogens with zero attached hydrogens (tertiary/aromatic N) is 1. The highest BCUT2D eigenvalue weighted by atomic mass is 35.5. The molecule has 0 radical (unpaired) electrons. The molecule has 0 aliphatic carbocycles. The predicted octanol–water partition coefficient (Wildman–Crippen LogP) is 1.90. The van der Waals surface area contributed by atoms with E-state index in [0.29, 0.717) is 6.54 Å². The molecule has 1 aromatic carbocycles. The van der Waals surface area contributed by atoms with Gasteiger partial charge in [0.2, 0.25) is 0 Å². The molecule has 2 rings (SSSR count). The van der Waals surface area contributed by atoms with Crippen LogP contribution in [0, 0.1) is 13.8 Å². The van der Waals surface area contributed by atoms with Gasteiger partial charge in [0.25, 0.3) is 5.91 Å². The van der Waals surface area contributed by atoms with E-state index in [1.165, 1.54) is 0 Å². The molecule has 94 valence electrons. The maximum Gasteiger partial charge on any atom is 0.254 e. The molecule has 1 fully saturated rings. The van der Waals surface area contributed by atoms with E-state index in [4.69, 9.17) is 5.73 Å². The Morgan fingerprint density at radius 3 is 2.41 bits per heavy atom. The molecule has 4 heteroatoms. The Bertz CT molecular complexity index is 400. The number of amides is 1. The average molecular weight is 255 g/mol. The van der Waals surface area contributed by atoms with Gasteiger partial charge in [-0.1, -0.05) is 18.2 Å². The molecule has 1 aliphatic rings. The van der Waals surface area contributed by atoms with Crippen LogP contribution in [0.5, 0.6) is 0 Å². The molecule has 0 saturated carbocycles. The quantitative estimate of drug-likeness (QED) is 0.832. The van der Waals surface area contributed by atoms with E-state index in [1.54, 1.807) is 0 Å². The van der Waals surface area contributed by atoms with Crippen molar-refractivity contribution < 1.29 is 4.79 Å². The Morgan fingerprint density at radius 1 is 1.35 bits per heavy atom. The van der Waals surface area contributed by atoms with Crippen LogP contribution in [-0.2, 0) is 0 Å². The highest BCUT2D eigenvalue weighted by Crippen LogP contribution is 2.18. The fourth-order valence-corrected chi connectivity index (χ4v) is 2.28. The van der Waals surface area contributed by atoms with Gasteiger partial charge in [0, 0.05) is 24.7 Å². The summed E-state index contributed by atoms with van der Waals surface area (Å²) < 4.78 is 0. The van der Waals surface area contributed by atoms with E-state index in [1.807, 2.05) is 36.9 Å². The molecule has 17 heavy (non-hydrogen) atoms. The summed E-state index contributed by atoms with van der Waals surface area (Å²) in [6.45, 7) is 5.44. The van der Waals surface area contributed by atoms with Crippen LogP contribution in [0.1, 0.15) is 27.9 Å². The van der Waals surface area contributed by atoms with Crippen LogP contribution in [0.3, 0.4) is 0 Å². The summed E-state index contributed by atoms with van der Waals surface area (Å²) in [5.41, 5.74) is 8.76. The Kier molecular flexibility index (Phi) is 4.54. The molecule has 0 spiro atoms. The molecule has 2 N–H and O–H groups in total. The minimum absolute atomic E-state index is 0. The van der Waals surface area contributed by atoms with Gasteiger partial charge in [0.05, 0.1) is 0 Å². The molecule has 1 amide bonds. The first-order valence-electron chi connectivity index (χ1n) is 5.70. The van der Waals surface area contributed by atoms with Crippen molar-refractivity contribution in [2.24, 2.45) is 5.73 Å². The van der Waals surface area contributed by atoms with Gasteiger partial charge in [-0.05, 0) is 31.4 Å². The summed E-state index contributed by atoms with van der Waals surface area (Å²) in [5.74, 6) is 0.128. The van der Waals surface area contributed by atoms with Crippen molar-refractivity contribution in [3.8, 4) is 0 Å². The molecule has 1 aliphatic heterocycles. The van der Waals surface area contributed by atoms with E-state index >= 15 is 0 Å². The zero-order chi connectivity index (χ0) is 11.7. The number of hydrogen-bond donors (Lipinski definition) is 1. The monoisotopic (exact) mass is 254 g/mol. The third-order valence-electron chi connectivity index (χ3n) is 3.21. The summed E-state index contributed by atoms with van der Waals surface area (Å²) in [6.07, 6.45) is 0.913. The zero-order valence-electron chi connectivity index (χ0n) is 10.3. The van der Waals surface area contributed by atoms with E-state index in [0.717, 1.165) is 29.7 Å². The van der Waals surface area contributed by atoms with E-state index in [2.05, 4.69) is 0 Å². The molecule has 3 nitrogen and oxygen atoms in total. The maximum atomic E-state index is 12.3. The molecule has 1 atom stereocenters. The van der Waals surface area contributed by atoms with Gasteiger partial charge >= 0.3 is 0 Å². The second-order valence-electron chi connectivity index (χ2n) is 4.57. The first-order valence-corrected chi connectivity index (χ1v) is 5.70. The number of rotatable bonds is 1. The van der Waals surface area contributed by atoms with E-state index < -0.39 is 0 Å². The Balaban J connectivity index is 0.00000144. The van der Waals surface area contributed by atoms with Crippen LogP contribution in [0.25, 0.3) is 0 Å². The second kappa shape index (κ2) is 5.52. The number of carbonyl (C=O) groups is 1. The Hall–Kier alpha value is -1.06. The van der Waals surface area contributed by atoms with Crippen LogP contribution in [0.15, 0.2) is 18.2 Å². The lowest BCUT2D eigenvalue weighted by Crippen LogP contribution is -2.32. The van der Waals surface area contributed by atoms with Crippen molar-refractivity contribution in [3.05, 3.63) is 34.9 Å². The third kappa shape index (κ3) is 2.79. The minimum Gasteiger partial charge on any atom is -0.337 e. The fourth-order valence-electron chi connectivity index (χ4n) is 2.28. The van der Waals surface area contributed by atoms with Gasteiger partial charge in [-0.15, -0.1) is 12.4 Å². The van der Waals surface area contributed by atoms with Crippen molar-refractivity contribution in [2.45, 2.75) is 26.3 Å². The van der Waals surface area contributed by atoms with Crippen molar-refractivity contribution >= 4 is 18.3 Å². The number of aryl methyl sites for hydroxylation is 2. The summed E-state index contributed by atoms with van der Waals surface area (Å²) in [6, 6.07) is 6.09. The third-order valence-corrected chi connectivity index (χ3v) is 3.21. The average Bonchev–Trinajstić information content (AvgIpc) is 2.64. The SMILES string of the molecule is Cc1cccc(C)c1C(=O)N1CC[C@H](N)C1.Cl. The number of halogens is 1. The van der Waals surface area contributed by atoms with Gasteiger partial charge in [-0.3, -0.25) is 4.79 Å². The Morgan fingerprint density at radius 2 is 1.94 bits per heavy atom. The zero-order valence-corrected chi connectivity index (χ0v) is 11.1. The second-order valence-corrected chi connectivity index (χ2v) is 4.57. The maximum absolute atomic E-state index is 12.3. The summed E-state index contributed by atoms with van der Waals surface area (Å²) in [5, 5.41) is 0. The molecule has 1 saturated heterocycles. The van der Waals surface area contributed by atoms with Crippen LogP contribution < -0.4 is 5.73 Å². The standard InChI is InChI=1S/C13H18N2O.ClH/c1-9-4-3-5-10(2)12(9)13(16)15-7-6-11(14)8-15;/h3-5,11H,6-8,14H2,1-2H3;1H/t11-;/m0./s1. The molecule has 0 unspecified atom stereocenters. The molecular formula is C13H19ClN2O. The smallest absolute Gasteiger partial charge is 0.254 e. The molecule has 0 bridgehead atoms. The number of nitrogens with two attached hydrogens (primary N) is 1. The highest BCUT2D eigenvalue weighted by Gasteiger charge is 2.26. The molecular weight excluding hydrogens is 236 g/mol. The number of carbonyl (C=O) groups excluding carboxylic acids is 1. The van der Waals surface area contributed by atoms with Gasteiger partial charge in [-0.25, -0.2) is 0 Å². The topological polar surface area (TPSA) is 46.3 Å². The first kappa shape index (κ1) is 14.0. The van der Waals surface area contributed by atoms with Crippen LogP contribution >= 0.6 is 12.4 Å². The van der Waals surface area contributed by atoms with Crippen LogP contribution in [0.2, 0.25) is 0 Å². The Labute approximate surface area is 108 Å². The molecule has 1 aromatic rings. The normalized spacial score (nSPS) is 19.0. The van der Waals surface area contributed by atoms with Crippen molar-refractivity contribution in [3.63, 3.8) is 0 Å². The van der Waals surface area contributed by atoms with Crippen molar-refractivity contribution in [2.75, 3.05) is 13.1 Å². The van der Waals surface area contributed by atoms with E-state index in [-0.39, 0.29) is 24.4 Å². The first-order chi connectivity index (χ1) is 7.59. The van der Waals surface area contributed by atoms with Crippen molar-refractivity contribution in [1.82, 2.24) is 4.90 Å². The van der Waals surface area contributed by atoms with Gasteiger partial charge < -0.3 is 10.6 Å². The highest BCUT2D eigenvalue weighted by molar-refractivity contribution is 5.97. The van der Waals surface area contributed by atoms with Gasteiger partial charge in [-0.2, -0.15) is 0 Å². The van der Waals surface area contributed by atoms with E-state index in [9.17, 15) is 4.79 Å². The molecule has 1 heterocycles. The minimum atomic E-state index is 0. The number of benzene rings is 1. The lowest BCUT2D eigenvalue weighted by molar-refractivity contribution is 0.0789. The summed E-state index contributed by atoms with van der Waals surface area (Å²) >= 11 is 0. The largest absolute Gasteiger partial charge is 0.337 e. The number of hydrogen-bond acceptors (Lipinski definition) is 2. The fraction of sp³-hybridized carbons (Fsp3) is 0.462. The van der Waals surface area contributed by atoms with Crippen molar-refractivity contribution in [1.29, 1.82) is 0 Å². The summed E-state index contributed by atoms with van der Waals surface area (Å²) in [7, 11) is 0. The lowest BCUT2D eigenvalue weighted by atomic mass is 10.0. The lowest BCUT2D eigenvalue weighted by Gasteiger charge is -2.18. The van der Waals surface area contributed by atoms with Gasteiger partial charge in [0.15, 0.2) is 0 Å². The number of likely N-dealkylation sites (tertiary alicyclic amines) is 1. The predicted molar refractivity (Wildman–Crippen MR) is 71.7 cm³/mol. The van der Waals surface area contributed by atoms with Crippen LogP contribution in [-0.4, -0.2) is 29.9 Å². The molecule has 0 aromatic heterocycles.